The minimum absolute atomic E-state index is 0.0817. The van der Waals surface area contributed by atoms with Gasteiger partial charge in [0.25, 0.3) is 5.91 Å². The molecule has 0 aromatic heterocycles. The minimum atomic E-state index is -0.0817. The molecule has 0 bridgehead atoms. The van der Waals surface area contributed by atoms with Crippen molar-refractivity contribution in [3.05, 3.63) is 64.7 Å². The molecule has 0 aliphatic carbocycles. The molecule has 1 fully saturated rings. The Labute approximate surface area is 160 Å². The largest absolute Gasteiger partial charge is 0.497 e. The molecule has 1 aliphatic heterocycles. The third-order valence-electron chi connectivity index (χ3n) is 4.90. The first-order valence-electron chi connectivity index (χ1n) is 9.10. The van der Waals surface area contributed by atoms with Crippen molar-refractivity contribution in [2.75, 3.05) is 26.7 Å². The highest BCUT2D eigenvalue weighted by Gasteiger charge is 2.24. The first-order chi connectivity index (χ1) is 12.7. The monoisotopic (exact) mass is 372 g/mol. The summed E-state index contributed by atoms with van der Waals surface area (Å²) >= 11 is 6.45. The number of amides is 1. The summed E-state index contributed by atoms with van der Waals surface area (Å²) in [7, 11) is 1.61. The van der Waals surface area contributed by atoms with Gasteiger partial charge in [-0.25, -0.2) is 0 Å². The molecule has 1 saturated heterocycles. The lowest BCUT2D eigenvalue weighted by Gasteiger charge is -2.35. The molecule has 2 aromatic rings. The van der Waals surface area contributed by atoms with Crippen molar-refractivity contribution in [2.45, 2.75) is 25.3 Å². The molecule has 0 saturated carbocycles. The topological polar surface area (TPSA) is 41.6 Å². The Morgan fingerprint density at radius 1 is 1.12 bits per heavy atom. The summed E-state index contributed by atoms with van der Waals surface area (Å²) in [6, 6.07) is 15.2. The molecule has 1 amide bonds. The zero-order valence-corrected chi connectivity index (χ0v) is 15.8. The molecule has 1 heterocycles. The number of rotatable bonds is 6. The van der Waals surface area contributed by atoms with Gasteiger partial charge in [-0.2, -0.15) is 0 Å². The van der Waals surface area contributed by atoms with E-state index in [1.54, 1.807) is 31.4 Å². The Hall–Kier alpha value is -2.04. The van der Waals surface area contributed by atoms with Gasteiger partial charge in [0.2, 0.25) is 0 Å². The number of nitrogens with one attached hydrogen (secondary N) is 1. The molecule has 1 atom stereocenters. The highest BCUT2D eigenvalue weighted by molar-refractivity contribution is 6.31. The molecule has 4 nitrogen and oxygen atoms in total. The Kier molecular flexibility index (Phi) is 6.53. The van der Waals surface area contributed by atoms with Crippen molar-refractivity contribution in [3.8, 4) is 5.75 Å². The van der Waals surface area contributed by atoms with Gasteiger partial charge >= 0.3 is 0 Å². The molecule has 1 unspecified atom stereocenters. The molecule has 138 valence electrons. The summed E-state index contributed by atoms with van der Waals surface area (Å²) in [5.74, 6) is 0.658. The van der Waals surface area contributed by atoms with Gasteiger partial charge in [0.05, 0.1) is 13.2 Å². The van der Waals surface area contributed by atoms with E-state index >= 15 is 0 Å². The maximum absolute atomic E-state index is 12.5. The molecule has 1 aliphatic rings. The van der Waals surface area contributed by atoms with Gasteiger partial charge in [-0.1, -0.05) is 36.2 Å². The molecule has 1 N–H and O–H groups in total. The van der Waals surface area contributed by atoms with Crippen molar-refractivity contribution in [1.29, 1.82) is 0 Å². The van der Waals surface area contributed by atoms with Crippen LogP contribution in [0, 0.1) is 0 Å². The number of nitrogens with zero attached hydrogens (tertiary/aromatic N) is 1. The van der Waals surface area contributed by atoms with E-state index in [1.165, 1.54) is 19.3 Å². The maximum Gasteiger partial charge on any atom is 0.251 e. The first kappa shape index (κ1) is 18.7. The van der Waals surface area contributed by atoms with E-state index in [0.717, 1.165) is 29.4 Å². The van der Waals surface area contributed by atoms with E-state index in [-0.39, 0.29) is 11.9 Å². The van der Waals surface area contributed by atoms with Crippen molar-refractivity contribution in [3.63, 3.8) is 0 Å². The zero-order valence-electron chi connectivity index (χ0n) is 15.1. The minimum Gasteiger partial charge on any atom is -0.497 e. The van der Waals surface area contributed by atoms with Crippen molar-refractivity contribution in [2.24, 2.45) is 0 Å². The number of hydrogen-bond donors (Lipinski definition) is 1. The average Bonchev–Trinajstić information content (AvgIpc) is 2.70. The molecular weight excluding hydrogens is 348 g/mol. The average molecular weight is 373 g/mol. The van der Waals surface area contributed by atoms with Crippen LogP contribution in [0.25, 0.3) is 0 Å². The van der Waals surface area contributed by atoms with Crippen LogP contribution < -0.4 is 10.1 Å². The Morgan fingerprint density at radius 2 is 1.81 bits per heavy atom. The smallest absolute Gasteiger partial charge is 0.251 e. The number of piperidine rings is 1. The zero-order chi connectivity index (χ0) is 18.4. The van der Waals surface area contributed by atoms with E-state index in [0.29, 0.717) is 12.1 Å². The van der Waals surface area contributed by atoms with E-state index in [1.807, 2.05) is 18.2 Å². The lowest BCUT2D eigenvalue weighted by molar-refractivity contribution is 0.0924. The summed E-state index contributed by atoms with van der Waals surface area (Å²) in [4.78, 5) is 15.0. The second-order valence-electron chi connectivity index (χ2n) is 6.57. The van der Waals surface area contributed by atoms with Crippen LogP contribution in [0.3, 0.4) is 0 Å². The molecule has 26 heavy (non-hydrogen) atoms. The second-order valence-corrected chi connectivity index (χ2v) is 6.98. The molecule has 5 heteroatoms. The fourth-order valence-electron chi connectivity index (χ4n) is 3.44. The standard InChI is InChI=1S/C21H25ClN2O2/c1-26-17-11-9-16(10-12-17)21(25)23-15-20(24-13-5-2-6-14-24)18-7-3-4-8-19(18)22/h3-4,7-12,20H,2,5-6,13-15H2,1H3,(H,23,25). The van der Waals surface area contributed by atoms with E-state index in [2.05, 4.69) is 16.3 Å². The van der Waals surface area contributed by atoms with E-state index in [9.17, 15) is 4.79 Å². The third kappa shape index (κ3) is 4.57. The van der Waals surface area contributed by atoms with Crippen LogP contribution in [0.2, 0.25) is 5.02 Å². The second kappa shape index (κ2) is 9.06. The van der Waals surface area contributed by atoms with Crippen LogP contribution in [0.4, 0.5) is 0 Å². The van der Waals surface area contributed by atoms with Gasteiger partial charge in [0, 0.05) is 17.1 Å². The van der Waals surface area contributed by atoms with E-state index in [4.69, 9.17) is 16.3 Å². The molecule has 0 spiro atoms. The summed E-state index contributed by atoms with van der Waals surface area (Å²) in [6.07, 6.45) is 3.64. The van der Waals surface area contributed by atoms with Gasteiger partial charge in [0.15, 0.2) is 0 Å². The number of carbonyl (C=O) groups excluding carboxylic acids is 1. The van der Waals surface area contributed by atoms with Crippen LogP contribution in [0.15, 0.2) is 48.5 Å². The maximum atomic E-state index is 12.5. The quantitative estimate of drug-likeness (QED) is 0.821. The predicted molar refractivity (Wildman–Crippen MR) is 105 cm³/mol. The third-order valence-corrected chi connectivity index (χ3v) is 5.25. The number of benzene rings is 2. The molecular formula is C21H25ClN2O2. The number of likely N-dealkylation sites (tertiary alicyclic amines) is 1. The van der Waals surface area contributed by atoms with Crippen LogP contribution >= 0.6 is 11.6 Å². The number of ether oxygens (including phenoxy) is 1. The lowest BCUT2D eigenvalue weighted by Crippen LogP contribution is -2.40. The molecule has 0 radical (unpaired) electrons. The molecule has 3 rings (SSSR count). The summed E-state index contributed by atoms with van der Waals surface area (Å²) in [5, 5.41) is 3.83. The summed E-state index contributed by atoms with van der Waals surface area (Å²) in [5.41, 5.74) is 1.70. The number of hydrogen-bond acceptors (Lipinski definition) is 3. The van der Waals surface area contributed by atoms with Gasteiger partial charge < -0.3 is 10.1 Å². The Bertz CT molecular complexity index is 727. The SMILES string of the molecule is COc1ccc(C(=O)NCC(c2ccccc2Cl)N2CCCCC2)cc1. The summed E-state index contributed by atoms with van der Waals surface area (Å²) < 4.78 is 5.14. The van der Waals surface area contributed by atoms with Gasteiger partial charge in [-0.15, -0.1) is 0 Å². The Balaban J connectivity index is 1.72. The predicted octanol–water partition coefficient (Wildman–Crippen LogP) is 4.31. The van der Waals surface area contributed by atoms with E-state index < -0.39 is 0 Å². The van der Waals surface area contributed by atoms with Gasteiger partial charge in [-0.3, -0.25) is 9.69 Å². The number of carbonyl (C=O) groups is 1. The van der Waals surface area contributed by atoms with Crippen LogP contribution in [-0.4, -0.2) is 37.6 Å². The number of methoxy groups -OCH3 is 1. The highest BCUT2D eigenvalue weighted by Crippen LogP contribution is 2.29. The van der Waals surface area contributed by atoms with Crippen LogP contribution in [0.1, 0.15) is 41.2 Å². The lowest BCUT2D eigenvalue weighted by atomic mass is 10.0. The van der Waals surface area contributed by atoms with Crippen molar-refractivity contribution >= 4 is 17.5 Å². The fourth-order valence-corrected chi connectivity index (χ4v) is 3.71. The van der Waals surface area contributed by atoms with Gasteiger partial charge in [0.1, 0.15) is 5.75 Å². The number of halogens is 1. The van der Waals surface area contributed by atoms with Crippen LogP contribution in [-0.2, 0) is 0 Å². The van der Waals surface area contributed by atoms with Gasteiger partial charge in [-0.05, 0) is 61.8 Å². The van der Waals surface area contributed by atoms with Crippen LogP contribution in [0.5, 0.6) is 5.75 Å². The summed E-state index contributed by atoms with van der Waals surface area (Å²) in [6.45, 7) is 2.61. The first-order valence-corrected chi connectivity index (χ1v) is 9.47. The highest BCUT2D eigenvalue weighted by atomic mass is 35.5. The van der Waals surface area contributed by atoms with Crippen molar-refractivity contribution in [1.82, 2.24) is 10.2 Å². The normalized spacial score (nSPS) is 16.1. The molecule has 2 aromatic carbocycles. The Morgan fingerprint density at radius 3 is 2.46 bits per heavy atom. The fraction of sp³-hybridized carbons (Fsp3) is 0.381. The van der Waals surface area contributed by atoms with Crippen molar-refractivity contribution < 1.29 is 9.53 Å².